The van der Waals surface area contributed by atoms with Crippen molar-refractivity contribution in [2.24, 2.45) is 16.8 Å². The van der Waals surface area contributed by atoms with Gasteiger partial charge >= 0.3 is 0 Å². The molecule has 0 aliphatic carbocycles. The minimum Gasteiger partial charge on any atom is -0.409 e. The number of nitrogens with two attached hydrogens (primary N) is 1. The minimum atomic E-state index is -0.0468. The van der Waals surface area contributed by atoms with E-state index in [1.54, 1.807) is 12.3 Å². The van der Waals surface area contributed by atoms with Crippen LogP contribution in [0.5, 0.6) is 0 Å². The third-order valence-electron chi connectivity index (χ3n) is 2.06. The van der Waals surface area contributed by atoms with Crippen molar-refractivity contribution in [1.29, 1.82) is 0 Å². The predicted octanol–water partition coefficient (Wildman–Crippen LogP) is 1.55. The lowest BCUT2D eigenvalue weighted by Crippen LogP contribution is -2.14. The number of aromatic nitrogens is 1. The van der Waals surface area contributed by atoms with Crippen LogP contribution < -0.4 is 5.73 Å². The van der Waals surface area contributed by atoms with E-state index in [9.17, 15) is 0 Å². The van der Waals surface area contributed by atoms with E-state index in [1.807, 2.05) is 6.92 Å². The first-order valence-corrected chi connectivity index (χ1v) is 6.32. The molecule has 1 atom stereocenters. The summed E-state index contributed by atoms with van der Waals surface area (Å²) in [5.41, 5.74) is 5.93. The number of amidine groups is 1. The molecule has 94 valence electrons. The van der Waals surface area contributed by atoms with Crippen LogP contribution in [0.1, 0.15) is 12.5 Å². The van der Waals surface area contributed by atoms with Gasteiger partial charge in [-0.3, -0.25) is 0 Å². The number of aliphatic hydroxyl groups excluding tert-OH is 1. The first kappa shape index (κ1) is 14.1. The lowest BCUT2D eigenvalue weighted by molar-refractivity contribution is 0.250. The first-order valence-electron chi connectivity index (χ1n) is 4.96. The summed E-state index contributed by atoms with van der Waals surface area (Å²) in [6.07, 6.45) is 1.55. The van der Waals surface area contributed by atoms with Crippen LogP contribution >= 0.6 is 23.4 Å². The molecule has 1 heterocycles. The molecule has 1 aromatic rings. The highest BCUT2D eigenvalue weighted by Crippen LogP contribution is 2.28. The van der Waals surface area contributed by atoms with Gasteiger partial charge in [-0.15, -0.1) is 11.8 Å². The molecule has 0 amide bonds. The Balaban J connectivity index is 2.87. The standard InChI is InChI=1S/C10H14ClN3O2S/c1-6(4-15)5-17-10-8(11)7(2-3-13-10)9(12)14-16/h2-3,6,15-16H,4-5H2,1H3,(H2,12,14). The average Bonchev–Trinajstić information content (AvgIpc) is 2.36. The summed E-state index contributed by atoms with van der Waals surface area (Å²) >= 11 is 7.52. The SMILES string of the molecule is CC(CO)CSc1nccc(/C(N)=N/O)c1Cl. The Morgan fingerprint density at radius 3 is 3.00 bits per heavy atom. The second-order valence-corrected chi connectivity index (χ2v) is 4.95. The van der Waals surface area contributed by atoms with E-state index in [2.05, 4.69) is 10.1 Å². The highest BCUT2D eigenvalue weighted by molar-refractivity contribution is 7.99. The molecule has 0 spiro atoms. The van der Waals surface area contributed by atoms with Crippen molar-refractivity contribution in [1.82, 2.24) is 4.98 Å². The predicted molar refractivity (Wildman–Crippen MR) is 68.7 cm³/mol. The number of aliphatic hydroxyl groups is 1. The van der Waals surface area contributed by atoms with Crippen molar-refractivity contribution < 1.29 is 10.3 Å². The van der Waals surface area contributed by atoms with Gasteiger partial charge in [0, 0.05) is 24.1 Å². The van der Waals surface area contributed by atoms with Gasteiger partial charge in [-0.1, -0.05) is 23.7 Å². The Hall–Kier alpha value is -0.980. The molecule has 4 N–H and O–H groups in total. The fraction of sp³-hybridized carbons (Fsp3) is 0.400. The van der Waals surface area contributed by atoms with Crippen molar-refractivity contribution in [2.45, 2.75) is 11.9 Å². The zero-order valence-corrected chi connectivity index (χ0v) is 10.9. The van der Waals surface area contributed by atoms with Crippen LogP contribution in [0.4, 0.5) is 0 Å². The van der Waals surface area contributed by atoms with Gasteiger partial charge in [0.05, 0.1) is 5.02 Å². The number of pyridine rings is 1. The molecule has 1 aromatic heterocycles. The van der Waals surface area contributed by atoms with Crippen molar-refractivity contribution in [3.05, 3.63) is 22.8 Å². The van der Waals surface area contributed by atoms with Crippen LogP contribution in [0.25, 0.3) is 0 Å². The van der Waals surface area contributed by atoms with Gasteiger partial charge < -0.3 is 16.0 Å². The number of halogens is 1. The summed E-state index contributed by atoms with van der Waals surface area (Å²) in [6.45, 7) is 2.04. The topological polar surface area (TPSA) is 91.7 Å². The number of rotatable bonds is 5. The van der Waals surface area contributed by atoms with Gasteiger partial charge in [0.15, 0.2) is 5.84 Å². The van der Waals surface area contributed by atoms with Crippen LogP contribution in [0.3, 0.4) is 0 Å². The summed E-state index contributed by atoms with van der Waals surface area (Å²) in [4.78, 5) is 4.12. The molecule has 0 saturated heterocycles. The third-order valence-corrected chi connectivity index (χ3v) is 3.87. The molecule has 0 aliphatic rings. The Kier molecular flexibility index (Phi) is 5.54. The maximum absolute atomic E-state index is 8.92. The third kappa shape index (κ3) is 3.76. The number of hydrogen-bond donors (Lipinski definition) is 3. The Bertz CT molecular complexity index is 415. The van der Waals surface area contributed by atoms with E-state index in [0.29, 0.717) is 21.4 Å². The highest BCUT2D eigenvalue weighted by Gasteiger charge is 2.12. The van der Waals surface area contributed by atoms with Gasteiger partial charge in [-0.25, -0.2) is 4.98 Å². The average molecular weight is 276 g/mol. The molecule has 0 radical (unpaired) electrons. The monoisotopic (exact) mass is 275 g/mol. The number of hydrogen-bond acceptors (Lipinski definition) is 5. The second kappa shape index (κ2) is 6.68. The maximum atomic E-state index is 8.92. The van der Waals surface area contributed by atoms with E-state index in [-0.39, 0.29) is 18.4 Å². The molecular formula is C10H14ClN3O2S. The van der Waals surface area contributed by atoms with Crippen LogP contribution in [0, 0.1) is 5.92 Å². The van der Waals surface area contributed by atoms with Gasteiger partial charge in [0.25, 0.3) is 0 Å². The Morgan fingerprint density at radius 2 is 2.41 bits per heavy atom. The van der Waals surface area contributed by atoms with Crippen molar-refractivity contribution in [3.8, 4) is 0 Å². The van der Waals surface area contributed by atoms with Crippen LogP contribution in [0.2, 0.25) is 5.02 Å². The summed E-state index contributed by atoms with van der Waals surface area (Å²) in [5, 5.41) is 21.4. The largest absolute Gasteiger partial charge is 0.409 e. The van der Waals surface area contributed by atoms with E-state index >= 15 is 0 Å². The van der Waals surface area contributed by atoms with E-state index in [4.69, 9.17) is 27.6 Å². The zero-order valence-electron chi connectivity index (χ0n) is 9.30. The Labute approximate surface area is 109 Å². The van der Waals surface area contributed by atoms with Crippen molar-refractivity contribution >= 4 is 29.2 Å². The quantitative estimate of drug-likeness (QED) is 0.249. The van der Waals surface area contributed by atoms with E-state index in [1.165, 1.54) is 11.8 Å². The molecule has 5 nitrogen and oxygen atoms in total. The van der Waals surface area contributed by atoms with E-state index < -0.39 is 0 Å². The fourth-order valence-electron chi connectivity index (χ4n) is 1.05. The molecule has 7 heteroatoms. The number of thioether (sulfide) groups is 1. The molecule has 0 aromatic carbocycles. The van der Waals surface area contributed by atoms with Crippen LogP contribution in [-0.2, 0) is 0 Å². The minimum absolute atomic E-state index is 0.0468. The zero-order chi connectivity index (χ0) is 12.8. The summed E-state index contributed by atoms with van der Waals surface area (Å²) in [5.74, 6) is 0.808. The smallest absolute Gasteiger partial charge is 0.171 e. The normalized spacial score (nSPS) is 13.7. The molecule has 0 bridgehead atoms. The second-order valence-electron chi connectivity index (χ2n) is 3.56. The summed E-state index contributed by atoms with van der Waals surface area (Å²) in [6, 6.07) is 1.58. The fourth-order valence-corrected chi connectivity index (χ4v) is 2.34. The lowest BCUT2D eigenvalue weighted by atomic mass is 10.2. The van der Waals surface area contributed by atoms with Crippen molar-refractivity contribution in [3.63, 3.8) is 0 Å². The van der Waals surface area contributed by atoms with Gasteiger partial charge in [-0.05, 0) is 12.0 Å². The number of nitrogens with zero attached hydrogens (tertiary/aromatic N) is 2. The van der Waals surface area contributed by atoms with Crippen molar-refractivity contribution in [2.75, 3.05) is 12.4 Å². The highest BCUT2D eigenvalue weighted by atomic mass is 35.5. The molecule has 0 saturated carbocycles. The van der Waals surface area contributed by atoms with Gasteiger partial charge in [-0.2, -0.15) is 0 Å². The maximum Gasteiger partial charge on any atom is 0.171 e. The van der Waals surface area contributed by atoms with Gasteiger partial charge in [0.2, 0.25) is 0 Å². The summed E-state index contributed by atoms with van der Waals surface area (Å²) < 4.78 is 0. The lowest BCUT2D eigenvalue weighted by Gasteiger charge is -2.09. The van der Waals surface area contributed by atoms with Crippen LogP contribution in [-0.4, -0.2) is 33.5 Å². The first-order chi connectivity index (χ1) is 8.10. The van der Waals surface area contributed by atoms with Crippen LogP contribution in [0.15, 0.2) is 22.4 Å². The van der Waals surface area contributed by atoms with E-state index in [0.717, 1.165) is 0 Å². The van der Waals surface area contributed by atoms with Gasteiger partial charge in [0.1, 0.15) is 5.03 Å². The molecule has 0 fully saturated rings. The molecule has 17 heavy (non-hydrogen) atoms. The molecule has 1 rings (SSSR count). The number of oxime groups is 1. The molecule has 1 unspecified atom stereocenters. The Morgan fingerprint density at radius 1 is 1.71 bits per heavy atom. The summed E-state index contributed by atoms with van der Waals surface area (Å²) in [7, 11) is 0. The molecular weight excluding hydrogens is 262 g/mol. The molecule has 0 aliphatic heterocycles.